The highest BCUT2D eigenvalue weighted by molar-refractivity contribution is 7.12. The summed E-state index contributed by atoms with van der Waals surface area (Å²) in [5.41, 5.74) is 3.72. The number of aryl methyl sites for hydroxylation is 1. The molecule has 0 spiro atoms. The van der Waals surface area contributed by atoms with Crippen molar-refractivity contribution in [3.05, 3.63) is 58.8 Å². The maximum atomic E-state index is 6.24. The van der Waals surface area contributed by atoms with Crippen LogP contribution in [0.5, 0.6) is 16.7 Å². The van der Waals surface area contributed by atoms with E-state index in [1.807, 2.05) is 47.2 Å². The molecular weight excluding hydrogens is 358 g/mol. The number of hydrogen-bond donors (Lipinski definition) is 0. The van der Waals surface area contributed by atoms with Gasteiger partial charge in [-0.3, -0.25) is 4.40 Å². The topological polar surface area (TPSA) is 48.7 Å². The van der Waals surface area contributed by atoms with Gasteiger partial charge in [0.05, 0.1) is 29.7 Å². The predicted octanol–water partition coefficient (Wildman–Crippen LogP) is 5.22. The molecule has 4 rings (SSSR count). The molecule has 0 saturated carbocycles. The molecule has 4 aromatic heterocycles. The van der Waals surface area contributed by atoms with Crippen LogP contribution in [0.15, 0.2) is 48.1 Å². The number of pyridine rings is 2. The SMILES string of the molecule is COc1ccc(Oc2cc(-c3c(C)nc4c(Cl)cccn34)cs2)cn1. The molecule has 7 heteroatoms. The van der Waals surface area contributed by atoms with Crippen molar-refractivity contribution in [3.63, 3.8) is 0 Å². The van der Waals surface area contributed by atoms with E-state index >= 15 is 0 Å². The van der Waals surface area contributed by atoms with Crippen molar-refractivity contribution >= 4 is 28.6 Å². The zero-order chi connectivity index (χ0) is 17.4. The average Bonchev–Trinajstić information content (AvgIpc) is 3.20. The lowest BCUT2D eigenvalue weighted by molar-refractivity contribution is 0.395. The van der Waals surface area contributed by atoms with Crippen LogP contribution in [0.4, 0.5) is 0 Å². The third-order valence-corrected chi connectivity index (χ3v) is 4.86. The third-order valence-electron chi connectivity index (χ3n) is 3.76. The summed E-state index contributed by atoms with van der Waals surface area (Å²) in [7, 11) is 1.58. The standard InChI is InChI=1S/C18H14ClN3O2S/c1-11-17(22-7-3-4-14(19)18(22)21-11)12-8-16(25-10-12)24-13-5-6-15(23-2)20-9-13/h3-10H,1-2H3. The highest BCUT2D eigenvalue weighted by Crippen LogP contribution is 2.36. The fourth-order valence-electron chi connectivity index (χ4n) is 2.65. The normalized spacial score (nSPS) is 11.0. The molecule has 0 N–H and O–H groups in total. The molecule has 0 aromatic carbocycles. The minimum atomic E-state index is 0.553. The van der Waals surface area contributed by atoms with Crippen LogP contribution >= 0.6 is 22.9 Å². The molecular formula is C18H14ClN3O2S. The van der Waals surface area contributed by atoms with Crippen LogP contribution in [-0.4, -0.2) is 21.5 Å². The molecule has 0 aliphatic carbocycles. The zero-order valence-electron chi connectivity index (χ0n) is 13.6. The Kier molecular flexibility index (Phi) is 4.07. The summed E-state index contributed by atoms with van der Waals surface area (Å²) in [6, 6.07) is 9.33. The van der Waals surface area contributed by atoms with Gasteiger partial charge in [-0.15, -0.1) is 11.3 Å². The van der Waals surface area contributed by atoms with Gasteiger partial charge in [0, 0.05) is 29.3 Å². The Morgan fingerprint density at radius 1 is 1.24 bits per heavy atom. The van der Waals surface area contributed by atoms with Crippen LogP contribution in [0.25, 0.3) is 16.9 Å². The fraction of sp³-hybridized carbons (Fsp3) is 0.111. The lowest BCUT2D eigenvalue weighted by Gasteiger charge is -2.03. The van der Waals surface area contributed by atoms with Crippen LogP contribution in [0.2, 0.25) is 5.02 Å². The Morgan fingerprint density at radius 3 is 2.88 bits per heavy atom. The molecule has 0 unspecified atom stereocenters. The average molecular weight is 372 g/mol. The predicted molar refractivity (Wildman–Crippen MR) is 99.1 cm³/mol. The number of imidazole rings is 1. The second kappa shape index (κ2) is 6.38. The van der Waals surface area contributed by atoms with E-state index in [9.17, 15) is 0 Å². The van der Waals surface area contributed by atoms with Gasteiger partial charge in [0.15, 0.2) is 10.7 Å². The van der Waals surface area contributed by atoms with E-state index in [0.717, 1.165) is 27.7 Å². The molecule has 0 bridgehead atoms. The van der Waals surface area contributed by atoms with Crippen LogP contribution in [0.3, 0.4) is 0 Å². The van der Waals surface area contributed by atoms with E-state index in [1.165, 1.54) is 11.3 Å². The number of fused-ring (bicyclic) bond motifs is 1. The molecule has 126 valence electrons. The number of rotatable bonds is 4. The van der Waals surface area contributed by atoms with Crippen molar-refractivity contribution < 1.29 is 9.47 Å². The van der Waals surface area contributed by atoms with Crippen LogP contribution in [0, 0.1) is 6.92 Å². The monoisotopic (exact) mass is 371 g/mol. The molecule has 5 nitrogen and oxygen atoms in total. The molecule has 0 fully saturated rings. The summed E-state index contributed by atoms with van der Waals surface area (Å²) in [4.78, 5) is 8.72. The molecule has 4 aromatic rings. The maximum Gasteiger partial charge on any atom is 0.213 e. The number of methoxy groups -OCH3 is 1. The van der Waals surface area contributed by atoms with Gasteiger partial charge < -0.3 is 9.47 Å². The fourth-order valence-corrected chi connectivity index (χ4v) is 3.62. The largest absolute Gasteiger partial charge is 0.481 e. The molecule has 0 aliphatic rings. The summed E-state index contributed by atoms with van der Waals surface area (Å²) in [5, 5.41) is 3.45. The number of nitrogens with zero attached hydrogens (tertiary/aromatic N) is 3. The Labute approximate surface area is 153 Å². The first kappa shape index (κ1) is 15.9. The first-order valence-electron chi connectivity index (χ1n) is 7.55. The Bertz CT molecular complexity index is 1040. The van der Waals surface area contributed by atoms with E-state index in [4.69, 9.17) is 21.1 Å². The van der Waals surface area contributed by atoms with E-state index in [2.05, 4.69) is 9.97 Å². The van der Waals surface area contributed by atoms with E-state index < -0.39 is 0 Å². The van der Waals surface area contributed by atoms with E-state index in [-0.39, 0.29) is 0 Å². The van der Waals surface area contributed by atoms with Gasteiger partial charge >= 0.3 is 0 Å². The summed E-state index contributed by atoms with van der Waals surface area (Å²) in [6.07, 6.45) is 3.60. The Balaban J connectivity index is 1.67. The first-order chi connectivity index (χ1) is 12.2. The minimum Gasteiger partial charge on any atom is -0.481 e. The van der Waals surface area contributed by atoms with Crippen LogP contribution in [-0.2, 0) is 0 Å². The van der Waals surface area contributed by atoms with Crippen LogP contribution < -0.4 is 9.47 Å². The van der Waals surface area contributed by atoms with E-state index in [1.54, 1.807) is 19.4 Å². The van der Waals surface area contributed by atoms with E-state index in [0.29, 0.717) is 16.7 Å². The number of hydrogen-bond acceptors (Lipinski definition) is 5. The highest BCUT2D eigenvalue weighted by Gasteiger charge is 2.15. The van der Waals surface area contributed by atoms with Gasteiger partial charge in [0.25, 0.3) is 0 Å². The van der Waals surface area contributed by atoms with Gasteiger partial charge in [-0.05, 0) is 25.1 Å². The second-order valence-electron chi connectivity index (χ2n) is 5.39. The van der Waals surface area contributed by atoms with Gasteiger partial charge in [-0.1, -0.05) is 11.6 Å². The molecule has 0 amide bonds. The summed E-state index contributed by atoms with van der Waals surface area (Å²) in [6.45, 7) is 1.98. The van der Waals surface area contributed by atoms with Crippen molar-refractivity contribution in [2.24, 2.45) is 0 Å². The highest BCUT2D eigenvalue weighted by atomic mass is 35.5. The van der Waals surface area contributed by atoms with Crippen molar-refractivity contribution in [2.45, 2.75) is 6.92 Å². The number of ether oxygens (including phenoxy) is 2. The molecule has 25 heavy (non-hydrogen) atoms. The summed E-state index contributed by atoms with van der Waals surface area (Å²) >= 11 is 7.76. The van der Waals surface area contributed by atoms with Crippen molar-refractivity contribution in [1.82, 2.24) is 14.4 Å². The van der Waals surface area contributed by atoms with Crippen molar-refractivity contribution in [2.75, 3.05) is 7.11 Å². The molecule has 4 heterocycles. The molecule has 0 atom stereocenters. The smallest absolute Gasteiger partial charge is 0.213 e. The summed E-state index contributed by atoms with van der Waals surface area (Å²) < 4.78 is 12.9. The number of halogens is 1. The first-order valence-corrected chi connectivity index (χ1v) is 8.81. The quantitative estimate of drug-likeness (QED) is 0.493. The number of aromatic nitrogens is 3. The summed E-state index contributed by atoms with van der Waals surface area (Å²) in [5.74, 6) is 1.21. The lowest BCUT2D eigenvalue weighted by atomic mass is 10.2. The van der Waals surface area contributed by atoms with Crippen molar-refractivity contribution in [1.29, 1.82) is 0 Å². The minimum absolute atomic E-state index is 0.553. The van der Waals surface area contributed by atoms with Crippen LogP contribution in [0.1, 0.15) is 5.69 Å². The van der Waals surface area contributed by atoms with Gasteiger partial charge in [-0.2, -0.15) is 0 Å². The van der Waals surface area contributed by atoms with Gasteiger partial charge in [0.2, 0.25) is 5.88 Å². The van der Waals surface area contributed by atoms with Gasteiger partial charge in [-0.25, -0.2) is 9.97 Å². The lowest BCUT2D eigenvalue weighted by Crippen LogP contribution is -1.88. The molecule has 0 saturated heterocycles. The second-order valence-corrected chi connectivity index (χ2v) is 6.67. The third kappa shape index (κ3) is 2.94. The molecule has 0 aliphatic heterocycles. The maximum absolute atomic E-state index is 6.24. The zero-order valence-corrected chi connectivity index (χ0v) is 15.1. The van der Waals surface area contributed by atoms with Gasteiger partial charge in [0.1, 0.15) is 5.75 Å². The Morgan fingerprint density at radius 2 is 2.12 bits per heavy atom. The molecule has 0 radical (unpaired) electrons. The number of thiophene rings is 1. The van der Waals surface area contributed by atoms with Crippen molar-refractivity contribution in [3.8, 4) is 28.0 Å². The Hall–Kier alpha value is -2.57.